The molecule has 15 heavy (non-hydrogen) atoms. The van der Waals surface area contributed by atoms with Crippen LogP contribution in [0.15, 0.2) is 0 Å². The van der Waals surface area contributed by atoms with Gasteiger partial charge in [0.05, 0.1) is 11.9 Å². The third-order valence-corrected chi connectivity index (χ3v) is 4.47. The molecular formula is C7H14O6S2. The smallest absolute Gasteiger partial charge is 0.270 e. The lowest BCUT2D eigenvalue weighted by molar-refractivity contribution is 0.0317. The Kier molecular flexibility index (Phi) is 3.75. The van der Waals surface area contributed by atoms with E-state index in [-0.39, 0.29) is 12.2 Å². The highest BCUT2D eigenvalue weighted by molar-refractivity contribution is 7.90. The molecule has 0 aromatic carbocycles. The molecule has 0 aromatic heterocycles. The number of hydrogen-bond acceptors (Lipinski definition) is 5. The Labute approximate surface area is 89.3 Å². The molecule has 1 aliphatic heterocycles. The second-order valence-electron chi connectivity index (χ2n) is 3.70. The fourth-order valence-electron chi connectivity index (χ4n) is 1.61. The Hall–Kier alpha value is -0.180. The van der Waals surface area contributed by atoms with Crippen LogP contribution in [0.2, 0.25) is 0 Å². The van der Waals surface area contributed by atoms with Crippen molar-refractivity contribution in [2.24, 2.45) is 0 Å². The largest absolute Gasteiger partial charge is 0.376 e. The van der Waals surface area contributed by atoms with Crippen molar-refractivity contribution in [3.8, 4) is 0 Å². The van der Waals surface area contributed by atoms with Gasteiger partial charge in [-0.05, 0) is 12.8 Å². The van der Waals surface area contributed by atoms with E-state index in [2.05, 4.69) is 0 Å². The first kappa shape index (κ1) is 12.9. The zero-order valence-corrected chi connectivity index (χ0v) is 9.92. The molecule has 0 spiro atoms. The van der Waals surface area contributed by atoms with Gasteiger partial charge >= 0.3 is 0 Å². The summed E-state index contributed by atoms with van der Waals surface area (Å²) in [5.74, 6) is -0.378. The lowest BCUT2D eigenvalue weighted by atomic mass is 10.1. The normalized spacial score (nSPS) is 28.9. The van der Waals surface area contributed by atoms with Gasteiger partial charge in [0.1, 0.15) is 15.1 Å². The highest BCUT2D eigenvalue weighted by atomic mass is 32.2. The summed E-state index contributed by atoms with van der Waals surface area (Å²) in [5.41, 5.74) is 0. The van der Waals surface area contributed by atoms with Gasteiger partial charge in [-0.2, -0.15) is 8.42 Å². The molecule has 0 aromatic rings. The van der Waals surface area contributed by atoms with Crippen molar-refractivity contribution in [2.45, 2.75) is 24.2 Å². The van der Waals surface area contributed by atoms with Crippen LogP contribution in [0, 0.1) is 0 Å². The first-order chi connectivity index (χ1) is 6.70. The predicted octanol–water partition coefficient (Wildman–Crippen LogP) is -0.534. The van der Waals surface area contributed by atoms with Crippen LogP contribution >= 0.6 is 0 Å². The van der Waals surface area contributed by atoms with E-state index < -0.39 is 31.3 Å². The van der Waals surface area contributed by atoms with Gasteiger partial charge < -0.3 is 4.74 Å². The summed E-state index contributed by atoms with van der Waals surface area (Å²) in [6.07, 6.45) is 0.791. The number of hydrogen-bond donors (Lipinski definition) is 1. The van der Waals surface area contributed by atoms with Crippen molar-refractivity contribution in [1.29, 1.82) is 0 Å². The van der Waals surface area contributed by atoms with Crippen molar-refractivity contribution in [2.75, 3.05) is 18.6 Å². The molecule has 1 saturated heterocycles. The fraction of sp³-hybridized carbons (Fsp3) is 1.00. The van der Waals surface area contributed by atoms with Gasteiger partial charge in [-0.25, -0.2) is 8.42 Å². The molecule has 0 saturated carbocycles. The van der Waals surface area contributed by atoms with Crippen LogP contribution in [0.5, 0.6) is 0 Å². The molecule has 1 fully saturated rings. The van der Waals surface area contributed by atoms with Gasteiger partial charge in [0.2, 0.25) is 0 Å². The summed E-state index contributed by atoms with van der Waals surface area (Å²) >= 11 is 0. The molecule has 0 aliphatic carbocycles. The van der Waals surface area contributed by atoms with Crippen molar-refractivity contribution < 1.29 is 26.1 Å². The van der Waals surface area contributed by atoms with E-state index in [1.165, 1.54) is 0 Å². The van der Waals surface area contributed by atoms with E-state index in [0.717, 1.165) is 6.26 Å². The maximum Gasteiger partial charge on any atom is 0.270 e. The van der Waals surface area contributed by atoms with Gasteiger partial charge in [-0.3, -0.25) is 4.55 Å². The SMILES string of the molecule is CS(=O)(=O)C[C@@H]1OCCC[C@@H]1S(=O)(=O)O. The van der Waals surface area contributed by atoms with Crippen LogP contribution in [0.25, 0.3) is 0 Å². The highest BCUT2D eigenvalue weighted by Crippen LogP contribution is 2.21. The van der Waals surface area contributed by atoms with Gasteiger partial charge in [-0.1, -0.05) is 0 Å². The molecule has 0 unspecified atom stereocenters. The van der Waals surface area contributed by atoms with Crippen LogP contribution < -0.4 is 0 Å². The van der Waals surface area contributed by atoms with Crippen molar-refractivity contribution >= 4 is 20.0 Å². The molecule has 8 heteroatoms. The summed E-state index contributed by atoms with van der Waals surface area (Å²) in [6.45, 7) is 0.326. The lowest BCUT2D eigenvalue weighted by Crippen LogP contribution is -2.43. The average molecular weight is 258 g/mol. The van der Waals surface area contributed by atoms with Crippen molar-refractivity contribution in [1.82, 2.24) is 0 Å². The molecule has 1 rings (SSSR count). The monoisotopic (exact) mass is 258 g/mol. The Morgan fingerprint density at radius 3 is 2.40 bits per heavy atom. The fourth-order valence-corrected chi connectivity index (χ4v) is 3.68. The molecular weight excluding hydrogens is 244 g/mol. The first-order valence-corrected chi connectivity index (χ1v) is 8.02. The van der Waals surface area contributed by atoms with Crippen LogP contribution in [0.3, 0.4) is 0 Å². The minimum Gasteiger partial charge on any atom is -0.376 e. The maximum atomic E-state index is 11.0. The predicted molar refractivity (Wildman–Crippen MR) is 54.0 cm³/mol. The van der Waals surface area contributed by atoms with Gasteiger partial charge in [0.25, 0.3) is 10.1 Å². The van der Waals surface area contributed by atoms with Crippen LogP contribution in [-0.4, -0.2) is 51.4 Å². The van der Waals surface area contributed by atoms with Gasteiger partial charge in [-0.15, -0.1) is 0 Å². The van der Waals surface area contributed by atoms with E-state index >= 15 is 0 Å². The lowest BCUT2D eigenvalue weighted by Gasteiger charge is -2.28. The molecule has 0 amide bonds. The summed E-state index contributed by atoms with van der Waals surface area (Å²) in [5, 5.41) is -1.12. The minimum absolute atomic E-state index is 0.235. The van der Waals surface area contributed by atoms with Crippen molar-refractivity contribution in [3.05, 3.63) is 0 Å². The molecule has 0 bridgehead atoms. The molecule has 6 nitrogen and oxygen atoms in total. The number of sulfone groups is 1. The van der Waals surface area contributed by atoms with Crippen LogP contribution in [0.1, 0.15) is 12.8 Å². The standard InChI is InChI=1S/C7H14O6S2/c1-14(8,9)5-6-7(15(10,11)12)3-2-4-13-6/h6-7H,2-5H2,1H3,(H,10,11,12)/t6-,7-/m0/s1. The average Bonchev–Trinajstić information content (AvgIpc) is 1.99. The molecule has 1 heterocycles. The maximum absolute atomic E-state index is 11.0. The third kappa shape index (κ3) is 4.06. The Bertz CT molecular complexity index is 409. The second-order valence-corrected chi connectivity index (χ2v) is 7.52. The summed E-state index contributed by atoms with van der Waals surface area (Å²) in [4.78, 5) is 0. The number of rotatable bonds is 3. The Morgan fingerprint density at radius 1 is 1.33 bits per heavy atom. The Morgan fingerprint density at radius 2 is 1.93 bits per heavy atom. The quantitative estimate of drug-likeness (QED) is 0.683. The van der Waals surface area contributed by atoms with E-state index in [9.17, 15) is 16.8 Å². The van der Waals surface area contributed by atoms with Gasteiger partial charge in [0.15, 0.2) is 0 Å². The van der Waals surface area contributed by atoms with E-state index in [0.29, 0.717) is 13.0 Å². The van der Waals surface area contributed by atoms with E-state index in [1.807, 2.05) is 0 Å². The van der Waals surface area contributed by atoms with Gasteiger partial charge in [0, 0.05) is 12.9 Å². The number of ether oxygens (including phenoxy) is 1. The molecule has 90 valence electrons. The summed E-state index contributed by atoms with van der Waals surface area (Å²) in [7, 11) is -7.55. The summed E-state index contributed by atoms with van der Waals surface area (Å²) in [6, 6.07) is 0. The Balaban J connectivity index is 2.84. The molecule has 1 aliphatic rings. The minimum atomic E-state index is -4.24. The third-order valence-electron chi connectivity index (χ3n) is 2.23. The van der Waals surface area contributed by atoms with E-state index in [1.54, 1.807) is 0 Å². The highest BCUT2D eigenvalue weighted by Gasteiger charge is 2.37. The zero-order chi connectivity index (χ0) is 11.7. The van der Waals surface area contributed by atoms with E-state index in [4.69, 9.17) is 9.29 Å². The van der Waals surface area contributed by atoms with Crippen LogP contribution in [-0.2, 0) is 24.7 Å². The topological polar surface area (TPSA) is 97.7 Å². The zero-order valence-electron chi connectivity index (χ0n) is 8.29. The first-order valence-electron chi connectivity index (χ1n) is 4.46. The molecule has 1 N–H and O–H groups in total. The summed E-state index contributed by atoms with van der Waals surface area (Å²) < 4.78 is 57.9. The molecule has 2 atom stereocenters. The van der Waals surface area contributed by atoms with Crippen molar-refractivity contribution in [3.63, 3.8) is 0 Å². The second kappa shape index (κ2) is 4.36. The van der Waals surface area contributed by atoms with Crippen LogP contribution in [0.4, 0.5) is 0 Å². The molecule has 0 radical (unpaired) electrons.